The minimum Gasteiger partial charge on any atom is -0.457 e. The summed E-state index contributed by atoms with van der Waals surface area (Å²) in [4.78, 5) is 13.5. The first-order chi connectivity index (χ1) is 7.58. The van der Waals surface area contributed by atoms with Crippen LogP contribution in [0.3, 0.4) is 0 Å². The molecule has 0 radical (unpaired) electrons. The van der Waals surface area contributed by atoms with E-state index in [2.05, 4.69) is 11.6 Å². The number of aromatic amines is 1. The normalized spacial score (nSPS) is 12.6. The molecule has 1 unspecified atom stereocenters. The molecule has 5 heteroatoms. The molecule has 1 aromatic carbocycles. The summed E-state index contributed by atoms with van der Waals surface area (Å²) in [7, 11) is 0. The summed E-state index contributed by atoms with van der Waals surface area (Å²) in [5.74, 6) is -0.262. The van der Waals surface area contributed by atoms with Gasteiger partial charge in [0.05, 0.1) is 5.52 Å². The van der Waals surface area contributed by atoms with Crippen LogP contribution >= 0.6 is 0 Å². The lowest BCUT2D eigenvalue weighted by Gasteiger charge is -2.12. The van der Waals surface area contributed by atoms with Crippen molar-refractivity contribution in [2.75, 3.05) is 0 Å². The zero-order chi connectivity index (χ0) is 11.7. The van der Waals surface area contributed by atoms with Crippen LogP contribution < -0.4 is 10.5 Å². The summed E-state index contributed by atoms with van der Waals surface area (Å²) in [6.45, 7) is 5.20. The van der Waals surface area contributed by atoms with Crippen molar-refractivity contribution < 1.29 is 14.3 Å². The average Bonchev–Trinajstić information content (AvgIpc) is 2.59. The molecule has 16 heavy (non-hydrogen) atoms. The van der Waals surface area contributed by atoms with Crippen molar-refractivity contribution in [1.82, 2.24) is 4.98 Å². The predicted octanol–water partition coefficient (Wildman–Crippen LogP) is 1.39. The van der Waals surface area contributed by atoms with E-state index < -0.39 is 12.0 Å². The van der Waals surface area contributed by atoms with Crippen molar-refractivity contribution in [2.45, 2.75) is 13.2 Å². The number of aliphatic hydroxyl groups excluding tert-OH is 1. The largest absolute Gasteiger partial charge is 0.457 e. The maximum atomic E-state index is 11.0. The summed E-state index contributed by atoms with van der Waals surface area (Å²) in [5.41, 5.74) is 1.28. The third kappa shape index (κ3) is 1.85. The minimum atomic E-state index is -1.12. The van der Waals surface area contributed by atoms with Crippen LogP contribution in [-0.4, -0.2) is 16.4 Å². The molecule has 2 N–H and O–H groups in total. The summed E-state index contributed by atoms with van der Waals surface area (Å²) in [6.07, 6.45) is -1.12. The number of H-pyrrole nitrogens is 1. The predicted molar refractivity (Wildman–Crippen MR) is 58.3 cm³/mol. The van der Waals surface area contributed by atoms with Gasteiger partial charge in [-0.1, -0.05) is 12.6 Å². The van der Waals surface area contributed by atoms with Crippen molar-refractivity contribution in [2.24, 2.45) is 0 Å². The lowest BCUT2D eigenvalue weighted by Crippen LogP contribution is -2.16. The topological polar surface area (TPSA) is 75.5 Å². The molecular formula is C11H11NO4. The number of nitrogens with one attached hydrogen (secondary N) is 1. The van der Waals surface area contributed by atoms with E-state index in [1.54, 1.807) is 25.1 Å². The lowest BCUT2D eigenvalue weighted by atomic mass is 10.3. The SMILES string of the molecule is C=C(C)C(O)Oc1cccc2[nH]c(=O)oc12. The van der Waals surface area contributed by atoms with Crippen LogP contribution in [0.1, 0.15) is 6.92 Å². The first-order valence-electron chi connectivity index (χ1n) is 4.70. The number of para-hydroxylation sites is 1. The van der Waals surface area contributed by atoms with Crippen molar-refractivity contribution >= 4 is 11.1 Å². The number of oxazole rings is 1. The number of fused-ring (bicyclic) bond motifs is 1. The molecule has 0 aliphatic carbocycles. The third-order valence-electron chi connectivity index (χ3n) is 2.07. The molecule has 1 aromatic heterocycles. The van der Waals surface area contributed by atoms with Gasteiger partial charge >= 0.3 is 5.76 Å². The molecule has 2 aromatic rings. The van der Waals surface area contributed by atoms with Gasteiger partial charge in [0.15, 0.2) is 11.3 Å². The number of ether oxygens (including phenoxy) is 1. The second-order valence-corrected chi connectivity index (χ2v) is 3.46. The first kappa shape index (κ1) is 10.5. The molecule has 0 bridgehead atoms. The number of hydrogen-bond donors (Lipinski definition) is 2. The molecule has 5 nitrogen and oxygen atoms in total. The smallest absolute Gasteiger partial charge is 0.417 e. The highest BCUT2D eigenvalue weighted by Crippen LogP contribution is 2.24. The average molecular weight is 221 g/mol. The molecule has 1 atom stereocenters. The molecular weight excluding hydrogens is 210 g/mol. The van der Waals surface area contributed by atoms with Crippen LogP contribution in [0, 0.1) is 0 Å². The Morgan fingerprint density at radius 1 is 1.62 bits per heavy atom. The molecule has 1 heterocycles. The number of benzene rings is 1. The molecule has 0 aliphatic heterocycles. The van der Waals surface area contributed by atoms with Gasteiger partial charge in [-0.05, 0) is 24.6 Å². The van der Waals surface area contributed by atoms with Crippen LogP contribution in [0.5, 0.6) is 5.75 Å². The zero-order valence-corrected chi connectivity index (χ0v) is 8.69. The molecule has 84 valence electrons. The fourth-order valence-corrected chi connectivity index (χ4v) is 1.26. The van der Waals surface area contributed by atoms with Gasteiger partial charge in [-0.15, -0.1) is 0 Å². The van der Waals surface area contributed by atoms with Gasteiger partial charge in [0.2, 0.25) is 6.29 Å². The maximum Gasteiger partial charge on any atom is 0.417 e. The van der Waals surface area contributed by atoms with Gasteiger partial charge in [0, 0.05) is 0 Å². The Balaban J connectivity index is 2.44. The van der Waals surface area contributed by atoms with Crippen LogP contribution in [-0.2, 0) is 0 Å². The van der Waals surface area contributed by atoms with E-state index in [0.717, 1.165) is 0 Å². The van der Waals surface area contributed by atoms with E-state index in [9.17, 15) is 9.90 Å². The minimum absolute atomic E-state index is 0.285. The standard InChI is InChI=1S/C11H11NO4/c1-6(2)10(13)15-8-5-3-4-7-9(8)16-11(14)12-7/h3-5,10,13H,1H2,2H3,(H,12,14). The van der Waals surface area contributed by atoms with Crippen LogP contribution in [0.4, 0.5) is 0 Å². The van der Waals surface area contributed by atoms with E-state index in [1.165, 1.54) is 0 Å². The van der Waals surface area contributed by atoms with Gasteiger partial charge in [-0.25, -0.2) is 4.79 Å². The summed E-state index contributed by atoms with van der Waals surface area (Å²) < 4.78 is 10.1. The van der Waals surface area contributed by atoms with Crippen LogP contribution in [0.2, 0.25) is 0 Å². The molecule has 0 amide bonds. The lowest BCUT2D eigenvalue weighted by molar-refractivity contribution is 0.0155. The molecule has 0 fully saturated rings. The molecule has 2 rings (SSSR count). The number of aromatic nitrogens is 1. The van der Waals surface area contributed by atoms with E-state index in [-0.39, 0.29) is 5.58 Å². The molecule has 0 saturated carbocycles. The van der Waals surface area contributed by atoms with Crippen molar-refractivity contribution in [3.8, 4) is 5.75 Å². The Morgan fingerprint density at radius 2 is 2.38 bits per heavy atom. The molecule has 0 spiro atoms. The number of rotatable bonds is 3. The highest BCUT2D eigenvalue weighted by Gasteiger charge is 2.12. The maximum absolute atomic E-state index is 11.0. The van der Waals surface area contributed by atoms with E-state index in [4.69, 9.17) is 9.15 Å². The van der Waals surface area contributed by atoms with Gasteiger partial charge in [0.1, 0.15) is 0 Å². The fourth-order valence-electron chi connectivity index (χ4n) is 1.26. The van der Waals surface area contributed by atoms with Crippen molar-refractivity contribution in [1.29, 1.82) is 0 Å². The second kappa shape index (κ2) is 3.86. The molecule has 0 saturated heterocycles. The number of aliphatic hydroxyl groups is 1. The van der Waals surface area contributed by atoms with Gasteiger partial charge in [-0.2, -0.15) is 0 Å². The molecule has 0 aliphatic rings. The zero-order valence-electron chi connectivity index (χ0n) is 8.69. The third-order valence-corrected chi connectivity index (χ3v) is 2.07. The fraction of sp³-hybridized carbons (Fsp3) is 0.182. The Kier molecular flexibility index (Phi) is 2.54. The summed E-state index contributed by atoms with van der Waals surface area (Å²) in [6, 6.07) is 4.97. The Bertz CT molecular complexity index is 581. The quantitative estimate of drug-likeness (QED) is 0.606. The van der Waals surface area contributed by atoms with Gasteiger partial charge in [-0.3, -0.25) is 4.98 Å². The summed E-state index contributed by atoms with van der Waals surface area (Å²) in [5, 5.41) is 9.49. The van der Waals surface area contributed by atoms with E-state index in [0.29, 0.717) is 16.8 Å². The van der Waals surface area contributed by atoms with E-state index >= 15 is 0 Å². The Morgan fingerprint density at radius 3 is 3.06 bits per heavy atom. The van der Waals surface area contributed by atoms with Crippen molar-refractivity contribution in [3.05, 3.63) is 40.9 Å². The first-order valence-corrected chi connectivity index (χ1v) is 4.70. The van der Waals surface area contributed by atoms with Gasteiger partial charge < -0.3 is 14.3 Å². The highest BCUT2D eigenvalue weighted by atomic mass is 16.6. The van der Waals surface area contributed by atoms with Gasteiger partial charge in [0.25, 0.3) is 0 Å². The Labute approximate surface area is 91.0 Å². The second-order valence-electron chi connectivity index (χ2n) is 3.46. The van der Waals surface area contributed by atoms with E-state index in [1.807, 2.05) is 0 Å². The monoisotopic (exact) mass is 221 g/mol. The summed E-state index contributed by atoms with van der Waals surface area (Å²) >= 11 is 0. The van der Waals surface area contributed by atoms with Crippen molar-refractivity contribution in [3.63, 3.8) is 0 Å². The highest BCUT2D eigenvalue weighted by molar-refractivity contribution is 5.78. The van der Waals surface area contributed by atoms with Crippen LogP contribution in [0.25, 0.3) is 11.1 Å². The Hall–Kier alpha value is -2.01. The van der Waals surface area contributed by atoms with Crippen LogP contribution in [0.15, 0.2) is 39.6 Å². The number of hydrogen-bond acceptors (Lipinski definition) is 4.